The van der Waals surface area contributed by atoms with Crippen LogP contribution >= 0.6 is 11.3 Å². The molecule has 0 spiro atoms. The van der Waals surface area contributed by atoms with Gasteiger partial charge in [0.25, 0.3) is 5.91 Å². The normalized spacial score (nSPS) is 19.5. The maximum absolute atomic E-state index is 12.4. The van der Waals surface area contributed by atoms with E-state index >= 15 is 0 Å². The van der Waals surface area contributed by atoms with E-state index in [9.17, 15) is 9.90 Å². The number of ether oxygens (including phenoxy) is 1. The van der Waals surface area contributed by atoms with Crippen molar-refractivity contribution >= 4 is 27.5 Å². The monoisotopic (exact) mass is 340 g/mol. The van der Waals surface area contributed by atoms with Crippen LogP contribution in [0.5, 0.6) is 5.75 Å². The Morgan fingerprint density at radius 2 is 2.04 bits per heavy atom. The molecule has 122 valence electrons. The molecular formula is C18H16N2O3S. The first-order chi connectivity index (χ1) is 11.7. The molecule has 6 heteroatoms. The number of rotatable bonds is 3. The minimum atomic E-state index is -1.12. The molecular weight excluding hydrogens is 324 g/mol. The highest BCUT2D eigenvalue weighted by Crippen LogP contribution is 2.36. The zero-order valence-electron chi connectivity index (χ0n) is 12.9. The van der Waals surface area contributed by atoms with Gasteiger partial charge in [0.2, 0.25) is 0 Å². The number of amides is 1. The van der Waals surface area contributed by atoms with E-state index in [2.05, 4.69) is 10.3 Å². The number of carbonyl (C=O) groups excluding carboxylic acids is 1. The number of nitrogens with one attached hydrogen (secondary N) is 1. The molecule has 4 rings (SSSR count). The average Bonchev–Trinajstić information content (AvgIpc) is 3.04. The van der Waals surface area contributed by atoms with Crippen LogP contribution in [0, 0.1) is 0 Å². The first kappa shape index (κ1) is 15.1. The van der Waals surface area contributed by atoms with Crippen LogP contribution in [0.25, 0.3) is 10.2 Å². The van der Waals surface area contributed by atoms with Crippen molar-refractivity contribution in [2.24, 2.45) is 0 Å². The SMILES string of the molecule is O=C(NCC1(O)CCOc2ccccc21)c1nc2ccccc2s1. The molecule has 1 aliphatic rings. The van der Waals surface area contributed by atoms with E-state index in [1.54, 1.807) is 0 Å². The van der Waals surface area contributed by atoms with Crippen molar-refractivity contribution in [3.05, 3.63) is 59.1 Å². The number of aromatic nitrogens is 1. The molecule has 0 fully saturated rings. The summed E-state index contributed by atoms with van der Waals surface area (Å²) in [5.74, 6) is 0.397. The smallest absolute Gasteiger partial charge is 0.280 e. The van der Waals surface area contributed by atoms with Crippen molar-refractivity contribution in [2.75, 3.05) is 13.2 Å². The molecule has 2 heterocycles. The Labute approximate surface area is 142 Å². The number of aliphatic hydroxyl groups is 1. The van der Waals surface area contributed by atoms with Crippen LogP contribution in [0.3, 0.4) is 0 Å². The highest BCUT2D eigenvalue weighted by Gasteiger charge is 2.36. The lowest BCUT2D eigenvalue weighted by Crippen LogP contribution is -2.43. The molecule has 0 radical (unpaired) electrons. The Balaban J connectivity index is 1.53. The molecule has 1 unspecified atom stereocenters. The van der Waals surface area contributed by atoms with Gasteiger partial charge in [0.15, 0.2) is 5.01 Å². The van der Waals surface area contributed by atoms with Crippen LogP contribution in [-0.2, 0) is 5.60 Å². The van der Waals surface area contributed by atoms with Crippen LogP contribution in [0.4, 0.5) is 0 Å². The minimum Gasteiger partial charge on any atom is -0.493 e. The van der Waals surface area contributed by atoms with Gasteiger partial charge in [0.1, 0.15) is 11.4 Å². The molecule has 1 atom stereocenters. The number of hydrogen-bond acceptors (Lipinski definition) is 5. The second-order valence-electron chi connectivity index (χ2n) is 5.80. The molecule has 2 aromatic carbocycles. The highest BCUT2D eigenvalue weighted by atomic mass is 32.1. The second kappa shape index (κ2) is 5.89. The quantitative estimate of drug-likeness (QED) is 0.769. The van der Waals surface area contributed by atoms with E-state index in [4.69, 9.17) is 4.74 Å². The number of nitrogens with zero attached hydrogens (tertiary/aromatic N) is 1. The number of hydrogen-bond donors (Lipinski definition) is 2. The fraction of sp³-hybridized carbons (Fsp3) is 0.222. The third-order valence-electron chi connectivity index (χ3n) is 4.19. The van der Waals surface area contributed by atoms with Crippen LogP contribution in [0.2, 0.25) is 0 Å². The summed E-state index contributed by atoms with van der Waals surface area (Å²) in [4.78, 5) is 16.7. The zero-order chi connectivity index (χ0) is 16.6. The third kappa shape index (κ3) is 2.64. The number of carbonyl (C=O) groups is 1. The standard InChI is InChI=1S/C18H16N2O3S/c21-16(17-20-13-6-2-4-8-15(13)24-17)19-11-18(22)9-10-23-14-7-3-1-5-12(14)18/h1-8,22H,9-11H2,(H,19,21). The topological polar surface area (TPSA) is 71.5 Å². The summed E-state index contributed by atoms with van der Waals surface area (Å²) >= 11 is 1.35. The van der Waals surface area contributed by atoms with Gasteiger partial charge < -0.3 is 15.2 Å². The van der Waals surface area contributed by atoms with Crippen molar-refractivity contribution < 1.29 is 14.6 Å². The largest absolute Gasteiger partial charge is 0.493 e. The average molecular weight is 340 g/mol. The summed E-state index contributed by atoms with van der Waals surface area (Å²) < 4.78 is 6.54. The molecule has 0 aliphatic carbocycles. The number of para-hydroxylation sites is 2. The van der Waals surface area contributed by atoms with Gasteiger partial charge in [-0.1, -0.05) is 30.3 Å². The molecule has 24 heavy (non-hydrogen) atoms. The zero-order valence-corrected chi connectivity index (χ0v) is 13.7. The molecule has 1 amide bonds. The summed E-state index contributed by atoms with van der Waals surface area (Å²) in [7, 11) is 0. The van der Waals surface area contributed by atoms with E-state index in [-0.39, 0.29) is 12.5 Å². The third-order valence-corrected chi connectivity index (χ3v) is 5.23. The predicted octanol–water partition coefficient (Wildman–Crippen LogP) is 2.70. The van der Waals surface area contributed by atoms with E-state index in [0.717, 1.165) is 10.2 Å². The van der Waals surface area contributed by atoms with Crippen LogP contribution in [-0.4, -0.2) is 29.1 Å². The molecule has 0 bridgehead atoms. The summed E-state index contributed by atoms with van der Waals surface area (Å²) in [5, 5.41) is 14.2. The van der Waals surface area contributed by atoms with Crippen molar-refractivity contribution in [3.8, 4) is 5.75 Å². The molecule has 5 nitrogen and oxygen atoms in total. The Bertz CT molecular complexity index is 875. The molecule has 2 N–H and O–H groups in total. The minimum absolute atomic E-state index is 0.127. The fourth-order valence-corrected chi connectivity index (χ4v) is 3.78. The summed E-state index contributed by atoms with van der Waals surface area (Å²) in [5.41, 5.74) is 0.393. The van der Waals surface area contributed by atoms with Gasteiger partial charge in [-0.3, -0.25) is 4.79 Å². The lowest BCUT2D eigenvalue weighted by atomic mass is 9.88. The second-order valence-corrected chi connectivity index (χ2v) is 6.83. The summed E-state index contributed by atoms with van der Waals surface area (Å²) in [6, 6.07) is 15.0. The van der Waals surface area contributed by atoms with Crippen LogP contribution < -0.4 is 10.1 Å². The number of fused-ring (bicyclic) bond motifs is 2. The van der Waals surface area contributed by atoms with Gasteiger partial charge in [-0.25, -0.2) is 4.98 Å². The summed E-state index contributed by atoms with van der Waals surface area (Å²) in [6.07, 6.45) is 0.435. The Kier molecular flexibility index (Phi) is 3.70. The van der Waals surface area contributed by atoms with E-state index < -0.39 is 5.60 Å². The molecule has 1 aliphatic heterocycles. The number of thiazole rings is 1. The molecule has 3 aromatic rings. The molecule has 0 saturated carbocycles. The maximum Gasteiger partial charge on any atom is 0.280 e. The van der Waals surface area contributed by atoms with E-state index in [1.807, 2.05) is 48.5 Å². The number of benzene rings is 2. The van der Waals surface area contributed by atoms with Crippen molar-refractivity contribution in [3.63, 3.8) is 0 Å². The van der Waals surface area contributed by atoms with Gasteiger partial charge in [0.05, 0.1) is 23.4 Å². The van der Waals surface area contributed by atoms with E-state index in [0.29, 0.717) is 29.3 Å². The van der Waals surface area contributed by atoms with Crippen LogP contribution in [0.1, 0.15) is 21.8 Å². The molecule has 1 aromatic heterocycles. The lowest BCUT2D eigenvalue weighted by Gasteiger charge is -2.34. The van der Waals surface area contributed by atoms with Gasteiger partial charge in [0, 0.05) is 12.0 Å². The summed E-state index contributed by atoms with van der Waals surface area (Å²) in [6.45, 7) is 0.548. The Morgan fingerprint density at radius 3 is 2.92 bits per heavy atom. The van der Waals surface area contributed by atoms with Gasteiger partial charge >= 0.3 is 0 Å². The van der Waals surface area contributed by atoms with Gasteiger partial charge in [-0.15, -0.1) is 11.3 Å². The predicted molar refractivity (Wildman–Crippen MR) is 92.4 cm³/mol. The van der Waals surface area contributed by atoms with Crippen molar-refractivity contribution in [1.29, 1.82) is 0 Å². The first-order valence-corrected chi connectivity index (χ1v) is 8.56. The maximum atomic E-state index is 12.4. The van der Waals surface area contributed by atoms with Gasteiger partial charge in [-0.2, -0.15) is 0 Å². The Hall–Kier alpha value is -2.44. The van der Waals surface area contributed by atoms with Crippen LogP contribution in [0.15, 0.2) is 48.5 Å². The van der Waals surface area contributed by atoms with Crippen molar-refractivity contribution in [1.82, 2.24) is 10.3 Å². The van der Waals surface area contributed by atoms with E-state index in [1.165, 1.54) is 11.3 Å². The highest BCUT2D eigenvalue weighted by molar-refractivity contribution is 7.20. The lowest BCUT2D eigenvalue weighted by molar-refractivity contribution is -0.00160. The Morgan fingerprint density at radius 1 is 1.25 bits per heavy atom. The fourth-order valence-electron chi connectivity index (χ4n) is 2.90. The first-order valence-electron chi connectivity index (χ1n) is 7.74. The van der Waals surface area contributed by atoms with Crippen molar-refractivity contribution in [2.45, 2.75) is 12.0 Å². The molecule has 0 saturated heterocycles. The van der Waals surface area contributed by atoms with Gasteiger partial charge in [-0.05, 0) is 18.2 Å².